The van der Waals surface area contributed by atoms with Crippen LogP contribution in [0.1, 0.15) is 5.69 Å². The lowest BCUT2D eigenvalue weighted by molar-refractivity contribution is 0.246. The molecule has 1 aliphatic rings. The topological polar surface area (TPSA) is 61.5 Å². The number of nitrogens with zero attached hydrogens (tertiary/aromatic N) is 3. The number of aromatic amines is 1. The van der Waals surface area contributed by atoms with Gasteiger partial charge in [0.1, 0.15) is 11.4 Å². The van der Waals surface area contributed by atoms with E-state index in [0.717, 1.165) is 43.0 Å². The molecule has 1 N–H and O–H groups in total. The van der Waals surface area contributed by atoms with Crippen molar-refractivity contribution in [3.63, 3.8) is 0 Å². The number of anilines is 1. The van der Waals surface area contributed by atoms with Gasteiger partial charge in [0.15, 0.2) is 0 Å². The van der Waals surface area contributed by atoms with E-state index < -0.39 is 0 Å². The van der Waals surface area contributed by atoms with Crippen molar-refractivity contribution in [2.75, 3.05) is 38.2 Å². The third kappa shape index (κ3) is 3.41. The van der Waals surface area contributed by atoms with Crippen LogP contribution in [0, 0.1) is 0 Å². The van der Waals surface area contributed by atoms with Gasteiger partial charge < -0.3 is 14.6 Å². The molecule has 0 unspecified atom stereocenters. The molecule has 1 fully saturated rings. The lowest BCUT2D eigenvalue weighted by Crippen LogP contribution is -2.46. The molecule has 0 saturated carbocycles. The summed E-state index contributed by atoms with van der Waals surface area (Å²) in [4.78, 5) is 24.4. The second-order valence-electron chi connectivity index (χ2n) is 6.49. The number of ether oxygens (including phenoxy) is 1. The molecule has 1 aromatic heterocycles. The van der Waals surface area contributed by atoms with Gasteiger partial charge in [0, 0.05) is 38.4 Å². The Kier molecular flexibility index (Phi) is 4.58. The number of rotatable bonds is 4. The summed E-state index contributed by atoms with van der Waals surface area (Å²) in [5, 5.41) is 0. The number of hydrogen-bond acceptors (Lipinski definition) is 5. The highest BCUT2D eigenvalue weighted by atomic mass is 16.5. The first-order valence-electron chi connectivity index (χ1n) is 8.82. The molecule has 0 spiro atoms. The highest BCUT2D eigenvalue weighted by Gasteiger charge is 2.19. The summed E-state index contributed by atoms with van der Waals surface area (Å²) in [5.74, 6) is 0.869. The Hall–Kier alpha value is -2.86. The monoisotopic (exact) mass is 350 g/mol. The van der Waals surface area contributed by atoms with E-state index in [2.05, 4.69) is 31.9 Å². The second kappa shape index (κ2) is 7.17. The molecule has 0 radical (unpaired) electrons. The van der Waals surface area contributed by atoms with E-state index in [4.69, 9.17) is 4.74 Å². The van der Waals surface area contributed by atoms with Gasteiger partial charge >= 0.3 is 0 Å². The molecule has 6 nitrogen and oxygen atoms in total. The van der Waals surface area contributed by atoms with E-state index in [1.807, 2.05) is 36.4 Å². The number of fused-ring (bicyclic) bond motifs is 1. The Labute approximate surface area is 152 Å². The van der Waals surface area contributed by atoms with Crippen LogP contribution in [0.15, 0.2) is 53.3 Å². The maximum atomic E-state index is 12.3. The van der Waals surface area contributed by atoms with Gasteiger partial charge in [-0.3, -0.25) is 9.69 Å². The van der Waals surface area contributed by atoms with Crippen LogP contribution in [0.5, 0.6) is 5.75 Å². The zero-order valence-electron chi connectivity index (χ0n) is 14.8. The van der Waals surface area contributed by atoms with Crippen molar-refractivity contribution in [2.24, 2.45) is 0 Å². The Morgan fingerprint density at radius 3 is 2.50 bits per heavy atom. The van der Waals surface area contributed by atoms with E-state index in [-0.39, 0.29) is 5.56 Å². The minimum absolute atomic E-state index is 0.0960. The van der Waals surface area contributed by atoms with Gasteiger partial charge in [-0.1, -0.05) is 12.1 Å². The molecule has 0 atom stereocenters. The van der Waals surface area contributed by atoms with Crippen LogP contribution in [0.2, 0.25) is 0 Å². The smallest absolute Gasteiger partial charge is 0.271 e. The van der Waals surface area contributed by atoms with E-state index in [1.165, 1.54) is 5.69 Å². The van der Waals surface area contributed by atoms with Crippen LogP contribution < -0.4 is 15.2 Å². The van der Waals surface area contributed by atoms with Crippen molar-refractivity contribution >= 4 is 16.7 Å². The van der Waals surface area contributed by atoms with Crippen molar-refractivity contribution in [1.29, 1.82) is 0 Å². The number of methoxy groups -OCH3 is 1. The summed E-state index contributed by atoms with van der Waals surface area (Å²) in [7, 11) is 1.68. The molecule has 0 amide bonds. The maximum absolute atomic E-state index is 12.3. The molecule has 134 valence electrons. The minimum Gasteiger partial charge on any atom is -0.497 e. The molecule has 3 aromatic rings. The molecule has 0 aliphatic carbocycles. The van der Waals surface area contributed by atoms with Crippen LogP contribution in [-0.2, 0) is 6.54 Å². The van der Waals surface area contributed by atoms with Crippen LogP contribution in [0.3, 0.4) is 0 Å². The van der Waals surface area contributed by atoms with Crippen LogP contribution in [-0.4, -0.2) is 48.2 Å². The summed E-state index contributed by atoms with van der Waals surface area (Å²) >= 11 is 0. The molecular formula is C20H22N4O2. The van der Waals surface area contributed by atoms with E-state index in [0.29, 0.717) is 12.2 Å². The molecule has 2 heterocycles. The fourth-order valence-corrected chi connectivity index (χ4v) is 3.34. The second-order valence-corrected chi connectivity index (χ2v) is 6.49. The van der Waals surface area contributed by atoms with Crippen LogP contribution >= 0.6 is 0 Å². The Bertz CT molecular complexity index is 944. The van der Waals surface area contributed by atoms with Gasteiger partial charge in [0.05, 0.1) is 18.1 Å². The quantitative estimate of drug-likeness (QED) is 0.782. The number of hydrogen-bond donors (Lipinski definition) is 1. The van der Waals surface area contributed by atoms with E-state index >= 15 is 0 Å². The van der Waals surface area contributed by atoms with Gasteiger partial charge in [-0.05, 0) is 36.4 Å². The molecule has 26 heavy (non-hydrogen) atoms. The zero-order chi connectivity index (χ0) is 17.9. The normalized spacial score (nSPS) is 15.3. The van der Waals surface area contributed by atoms with Gasteiger partial charge in [-0.15, -0.1) is 0 Å². The van der Waals surface area contributed by atoms with Gasteiger partial charge in [0.25, 0.3) is 5.56 Å². The van der Waals surface area contributed by atoms with Gasteiger partial charge in [0.2, 0.25) is 0 Å². The zero-order valence-corrected chi connectivity index (χ0v) is 14.8. The average molecular weight is 350 g/mol. The number of aromatic nitrogens is 2. The first-order chi connectivity index (χ1) is 12.7. The third-order valence-electron chi connectivity index (χ3n) is 4.85. The molecule has 6 heteroatoms. The summed E-state index contributed by atoms with van der Waals surface area (Å²) in [5.41, 5.74) is 3.31. The number of H-pyrrole nitrogens is 1. The average Bonchev–Trinajstić information content (AvgIpc) is 2.69. The Balaban J connectivity index is 1.42. The first kappa shape index (κ1) is 16.6. The SMILES string of the molecule is COc1ccc(N2CCN(Cc3nc4ccccc4[nH]c3=O)CC2)cc1. The third-order valence-corrected chi connectivity index (χ3v) is 4.85. The van der Waals surface area contributed by atoms with Gasteiger partial charge in [-0.25, -0.2) is 4.98 Å². The fraction of sp³-hybridized carbons (Fsp3) is 0.300. The Morgan fingerprint density at radius 2 is 1.77 bits per heavy atom. The Morgan fingerprint density at radius 1 is 1.04 bits per heavy atom. The molecule has 4 rings (SSSR count). The van der Waals surface area contributed by atoms with Crippen molar-refractivity contribution in [3.8, 4) is 5.75 Å². The van der Waals surface area contributed by atoms with E-state index in [1.54, 1.807) is 7.11 Å². The number of piperazine rings is 1. The van der Waals surface area contributed by atoms with Crippen LogP contribution in [0.25, 0.3) is 11.0 Å². The fourth-order valence-electron chi connectivity index (χ4n) is 3.34. The summed E-state index contributed by atoms with van der Waals surface area (Å²) in [6.45, 7) is 4.24. The molecule has 1 aliphatic heterocycles. The summed E-state index contributed by atoms with van der Waals surface area (Å²) in [6.07, 6.45) is 0. The van der Waals surface area contributed by atoms with Crippen molar-refractivity contribution in [1.82, 2.24) is 14.9 Å². The minimum atomic E-state index is -0.0960. The number of para-hydroxylation sites is 2. The van der Waals surface area contributed by atoms with Crippen molar-refractivity contribution < 1.29 is 4.74 Å². The number of benzene rings is 2. The molecule has 0 bridgehead atoms. The highest BCUT2D eigenvalue weighted by molar-refractivity contribution is 5.73. The maximum Gasteiger partial charge on any atom is 0.271 e. The molecular weight excluding hydrogens is 328 g/mol. The lowest BCUT2D eigenvalue weighted by atomic mass is 10.2. The summed E-state index contributed by atoms with van der Waals surface area (Å²) in [6, 6.07) is 15.8. The van der Waals surface area contributed by atoms with Crippen molar-refractivity contribution in [2.45, 2.75) is 6.54 Å². The molecule has 1 saturated heterocycles. The van der Waals surface area contributed by atoms with Crippen LogP contribution in [0.4, 0.5) is 5.69 Å². The standard InChI is InChI=1S/C20H22N4O2/c1-26-16-8-6-15(7-9-16)24-12-10-23(11-13-24)14-19-20(25)22-18-5-3-2-4-17(18)21-19/h2-9H,10-14H2,1H3,(H,22,25). The summed E-state index contributed by atoms with van der Waals surface area (Å²) < 4.78 is 5.22. The van der Waals surface area contributed by atoms with Crippen molar-refractivity contribution in [3.05, 3.63) is 64.6 Å². The number of nitrogens with one attached hydrogen (secondary N) is 1. The lowest BCUT2D eigenvalue weighted by Gasteiger charge is -2.35. The highest BCUT2D eigenvalue weighted by Crippen LogP contribution is 2.20. The predicted molar refractivity (Wildman–Crippen MR) is 103 cm³/mol. The van der Waals surface area contributed by atoms with E-state index in [9.17, 15) is 4.79 Å². The van der Waals surface area contributed by atoms with Gasteiger partial charge in [-0.2, -0.15) is 0 Å². The molecule has 2 aromatic carbocycles. The largest absolute Gasteiger partial charge is 0.497 e. The predicted octanol–water partition coefficient (Wildman–Crippen LogP) is 2.25. The first-order valence-corrected chi connectivity index (χ1v) is 8.82.